The van der Waals surface area contributed by atoms with Crippen LogP contribution in [0.2, 0.25) is 5.15 Å². The molecular weight excluding hydrogens is 334 g/mol. The largest absolute Gasteiger partial charge is 0.444 e. The lowest BCUT2D eigenvalue weighted by Gasteiger charge is -2.36. The summed E-state index contributed by atoms with van der Waals surface area (Å²) in [5.41, 5.74) is 0.392. The predicted octanol–water partition coefficient (Wildman–Crippen LogP) is 4.32. The molecule has 0 aliphatic carbocycles. The second-order valence-electron chi connectivity index (χ2n) is 6.76. The van der Waals surface area contributed by atoms with Gasteiger partial charge in [0.15, 0.2) is 5.16 Å². The highest BCUT2D eigenvalue weighted by atomic mass is 35.5. The molecule has 1 atom stereocenters. The van der Waals surface area contributed by atoms with E-state index in [0.29, 0.717) is 10.3 Å². The summed E-state index contributed by atoms with van der Waals surface area (Å²) in [4.78, 5) is 22.8. The highest BCUT2D eigenvalue weighted by Gasteiger charge is 2.30. The molecule has 0 N–H and O–H groups in total. The van der Waals surface area contributed by atoms with E-state index in [2.05, 4.69) is 9.97 Å². The van der Waals surface area contributed by atoms with Crippen molar-refractivity contribution in [3.63, 3.8) is 0 Å². The van der Waals surface area contributed by atoms with Gasteiger partial charge in [0.2, 0.25) is 0 Å². The van der Waals surface area contributed by atoms with Gasteiger partial charge in [-0.2, -0.15) is 0 Å². The van der Waals surface area contributed by atoms with Crippen LogP contribution in [-0.4, -0.2) is 44.9 Å². The van der Waals surface area contributed by atoms with Crippen LogP contribution in [0, 0.1) is 6.92 Å². The fourth-order valence-electron chi connectivity index (χ4n) is 2.38. The molecule has 1 amide bonds. The van der Waals surface area contributed by atoms with Crippen LogP contribution in [0.3, 0.4) is 0 Å². The first-order valence-electron chi connectivity index (χ1n) is 7.88. The Morgan fingerprint density at radius 2 is 2.22 bits per heavy atom. The van der Waals surface area contributed by atoms with E-state index < -0.39 is 5.60 Å². The van der Waals surface area contributed by atoms with Gasteiger partial charge in [0, 0.05) is 30.1 Å². The van der Waals surface area contributed by atoms with Crippen LogP contribution in [0.4, 0.5) is 4.79 Å². The second kappa shape index (κ2) is 7.71. The van der Waals surface area contributed by atoms with E-state index in [-0.39, 0.29) is 12.1 Å². The van der Waals surface area contributed by atoms with Crippen molar-refractivity contribution in [2.75, 3.05) is 12.3 Å². The minimum absolute atomic E-state index is 0.146. The minimum Gasteiger partial charge on any atom is -0.444 e. The molecule has 128 valence electrons. The first-order chi connectivity index (χ1) is 10.8. The summed E-state index contributed by atoms with van der Waals surface area (Å²) in [6.45, 7) is 8.29. The molecule has 1 aliphatic rings. The van der Waals surface area contributed by atoms with Gasteiger partial charge in [0.05, 0.1) is 0 Å². The number of halogens is 1. The van der Waals surface area contributed by atoms with Gasteiger partial charge in [0.25, 0.3) is 0 Å². The molecule has 2 rings (SSSR count). The molecule has 0 spiro atoms. The van der Waals surface area contributed by atoms with Gasteiger partial charge in [-0.05, 0) is 47.0 Å². The molecule has 1 fully saturated rings. The normalized spacial score (nSPS) is 18.8. The van der Waals surface area contributed by atoms with Crippen molar-refractivity contribution in [1.29, 1.82) is 0 Å². The number of rotatable bonds is 3. The highest BCUT2D eigenvalue weighted by Crippen LogP contribution is 2.26. The fourth-order valence-corrected chi connectivity index (χ4v) is 3.53. The molecule has 5 nitrogen and oxygen atoms in total. The number of hydrogen-bond acceptors (Lipinski definition) is 5. The minimum atomic E-state index is -0.472. The number of carbonyl (C=O) groups is 1. The Labute approximate surface area is 147 Å². The van der Waals surface area contributed by atoms with Crippen LogP contribution < -0.4 is 0 Å². The third-order valence-corrected chi connectivity index (χ3v) is 4.94. The zero-order valence-corrected chi connectivity index (χ0v) is 15.7. The summed E-state index contributed by atoms with van der Waals surface area (Å²) in [6, 6.07) is 0.146. The monoisotopic (exact) mass is 357 g/mol. The number of likely N-dealkylation sites (tertiary alicyclic amines) is 1. The maximum Gasteiger partial charge on any atom is 0.410 e. The first-order valence-corrected chi connectivity index (χ1v) is 9.24. The molecule has 7 heteroatoms. The van der Waals surface area contributed by atoms with Crippen LogP contribution in [0.5, 0.6) is 0 Å². The van der Waals surface area contributed by atoms with Gasteiger partial charge >= 0.3 is 6.09 Å². The van der Waals surface area contributed by atoms with E-state index in [4.69, 9.17) is 16.3 Å². The van der Waals surface area contributed by atoms with Gasteiger partial charge in [-0.3, -0.25) is 0 Å². The molecule has 1 aliphatic heterocycles. The number of thioether (sulfide) groups is 1. The van der Waals surface area contributed by atoms with Crippen molar-refractivity contribution in [3.05, 3.63) is 16.9 Å². The maximum atomic E-state index is 12.4. The maximum absolute atomic E-state index is 12.4. The summed E-state index contributed by atoms with van der Waals surface area (Å²) in [7, 11) is 0. The van der Waals surface area contributed by atoms with E-state index in [1.807, 2.05) is 32.6 Å². The van der Waals surface area contributed by atoms with Crippen LogP contribution in [0.15, 0.2) is 11.4 Å². The van der Waals surface area contributed by atoms with Crippen molar-refractivity contribution in [2.24, 2.45) is 0 Å². The first kappa shape index (κ1) is 18.3. The van der Waals surface area contributed by atoms with Crippen molar-refractivity contribution in [3.8, 4) is 0 Å². The lowest BCUT2D eigenvalue weighted by molar-refractivity contribution is 0.0125. The third kappa shape index (κ3) is 5.53. The third-order valence-electron chi connectivity index (χ3n) is 3.55. The van der Waals surface area contributed by atoms with Gasteiger partial charge in [-0.15, -0.1) is 0 Å². The Morgan fingerprint density at radius 3 is 2.87 bits per heavy atom. The number of piperidine rings is 1. The van der Waals surface area contributed by atoms with E-state index in [0.717, 1.165) is 37.1 Å². The Hall–Kier alpha value is -1.01. The van der Waals surface area contributed by atoms with Crippen LogP contribution >= 0.6 is 23.4 Å². The van der Waals surface area contributed by atoms with E-state index >= 15 is 0 Å². The van der Waals surface area contributed by atoms with Gasteiger partial charge in [0.1, 0.15) is 10.8 Å². The lowest BCUT2D eigenvalue weighted by Crippen LogP contribution is -2.47. The summed E-state index contributed by atoms with van der Waals surface area (Å²) >= 11 is 7.57. The molecular formula is C16H24ClN3O2S. The molecule has 0 aromatic carbocycles. The molecule has 2 heterocycles. The second-order valence-corrected chi connectivity index (χ2v) is 8.11. The number of nitrogens with zero attached hydrogens (tertiary/aromatic N) is 3. The van der Waals surface area contributed by atoms with E-state index in [1.54, 1.807) is 6.20 Å². The summed E-state index contributed by atoms with van der Waals surface area (Å²) in [6.07, 6.45) is 4.62. The van der Waals surface area contributed by atoms with Crippen LogP contribution in [-0.2, 0) is 4.74 Å². The van der Waals surface area contributed by atoms with Crippen molar-refractivity contribution in [2.45, 2.75) is 63.8 Å². The van der Waals surface area contributed by atoms with E-state index in [9.17, 15) is 4.79 Å². The summed E-state index contributed by atoms with van der Waals surface area (Å²) < 4.78 is 5.52. The van der Waals surface area contributed by atoms with E-state index in [1.165, 1.54) is 11.8 Å². The topological polar surface area (TPSA) is 55.3 Å². The fraction of sp³-hybridized carbons (Fsp3) is 0.688. The Morgan fingerprint density at radius 1 is 1.48 bits per heavy atom. The molecule has 0 saturated carbocycles. The molecule has 23 heavy (non-hydrogen) atoms. The quantitative estimate of drug-likeness (QED) is 0.458. The van der Waals surface area contributed by atoms with Crippen molar-refractivity contribution < 1.29 is 9.53 Å². The SMILES string of the molecule is Cc1cnc(SC[C@H]2CCCCN2C(=O)OC(C)(C)C)nc1Cl. The van der Waals surface area contributed by atoms with Gasteiger partial charge in [-0.25, -0.2) is 14.8 Å². The molecule has 1 aromatic heterocycles. The zero-order valence-electron chi connectivity index (χ0n) is 14.1. The molecule has 0 unspecified atom stereocenters. The number of ether oxygens (including phenoxy) is 1. The summed E-state index contributed by atoms with van der Waals surface area (Å²) in [5.74, 6) is 0.749. The molecule has 0 bridgehead atoms. The summed E-state index contributed by atoms with van der Waals surface area (Å²) in [5, 5.41) is 1.13. The van der Waals surface area contributed by atoms with Gasteiger partial charge in [-0.1, -0.05) is 23.4 Å². The Bertz CT molecular complexity index is 563. The number of aromatic nitrogens is 2. The number of aryl methyl sites for hydroxylation is 1. The van der Waals surface area contributed by atoms with Crippen molar-refractivity contribution in [1.82, 2.24) is 14.9 Å². The lowest BCUT2D eigenvalue weighted by atomic mass is 10.0. The number of hydrogen-bond donors (Lipinski definition) is 0. The Kier molecular flexibility index (Phi) is 6.14. The number of amides is 1. The molecule has 0 radical (unpaired) electrons. The predicted molar refractivity (Wildman–Crippen MR) is 93.1 cm³/mol. The zero-order chi connectivity index (χ0) is 17.0. The van der Waals surface area contributed by atoms with Crippen LogP contribution in [0.25, 0.3) is 0 Å². The average molecular weight is 358 g/mol. The molecule has 1 saturated heterocycles. The smallest absolute Gasteiger partial charge is 0.410 e. The standard InChI is InChI=1S/C16H24ClN3O2S/c1-11-9-18-14(19-13(11)17)23-10-12-7-5-6-8-20(12)15(21)22-16(2,3)4/h9,12H,5-8,10H2,1-4H3/t12-/m1/s1. The molecule has 1 aromatic rings. The highest BCUT2D eigenvalue weighted by molar-refractivity contribution is 7.99. The van der Waals surface area contributed by atoms with Crippen LogP contribution in [0.1, 0.15) is 45.6 Å². The average Bonchev–Trinajstić information content (AvgIpc) is 2.47. The Balaban J connectivity index is 1.98. The van der Waals surface area contributed by atoms with Crippen molar-refractivity contribution >= 4 is 29.5 Å². The number of carbonyl (C=O) groups excluding carboxylic acids is 1. The van der Waals surface area contributed by atoms with Gasteiger partial charge < -0.3 is 9.64 Å².